The maximum absolute atomic E-state index is 13.7. The lowest BCUT2D eigenvalue weighted by molar-refractivity contribution is -0.146. The van der Waals surface area contributed by atoms with Crippen molar-refractivity contribution in [3.05, 3.63) is 54.6 Å². The molecular weight excluding hydrogens is 433 g/mol. The van der Waals surface area contributed by atoms with Gasteiger partial charge in [0.2, 0.25) is 0 Å². The average molecular weight is 456 g/mol. The molecule has 172 valence electrons. The molecule has 3 heterocycles. The second kappa shape index (κ2) is 8.49. The number of carbonyl (C=O) groups is 1. The molecule has 33 heavy (non-hydrogen) atoms. The zero-order chi connectivity index (χ0) is 23.0. The van der Waals surface area contributed by atoms with Crippen LogP contribution in [0.3, 0.4) is 0 Å². The number of amides is 1. The Morgan fingerprint density at radius 2 is 1.85 bits per heavy atom. The number of hydrogen-bond acceptors (Lipinski definition) is 5. The van der Waals surface area contributed by atoms with Gasteiger partial charge in [-0.1, -0.05) is 30.3 Å². The van der Waals surface area contributed by atoms with Crippen molar-refractivity contribution >= 4 is 17.4 Å². The maximum Gasteiger partial charge on any atom is 0.408 e. The molecule has 2 fully saturated rings. The number of nitrogens with zero attached hydrogens (tertiary/aromatic N) is 5. The molecule has 1 aliphatic carbocycles. The van der Waals surface area contributed by atoms with Crippen molar-refractivity contribution in [2.75, 3.05) is 16.8 Å². The van der Waals surface area contributed by atoms with E-state index in [1.165, 1.54) is 17.4 Å². The van der Waals surface area contributed by atoms with Crippen molar-refractivity contribution in [1.29, 1.82) is 0 Å². The summed E-state index contributed by atoms with van der Waals surface area (Å²) in [5.41, 5.74) is 1.54. The van der Waals surface area contributed by atoms with E-state index in [1.807, 2.05) is 6.07 Å². The monoisotopic (exact) mass is 456 g/mol. The third kappa shape index (κ3) is 4.17. The largest absolute Gasteiger partial charge is 0.408 e. The SMILES string of the molecule is O=C(Nc1c(-c2ccccc2)ncnc1N1CCC[C@@H]1C(F)(F)F)c1cnn(C2CCC2)c1. The number of carbonyl (C=O) groups excluding carboxylic acids is 1. The number of aromatic nitrogens is 4. The highest BCUT2D eigenvalue weighted by molar-refractivity contribution is 6.07. The topological polar surface area (TPSA) is 75.9 Å². The number of rotatable bonds is 5. The van der Waals surface area contributed by atoms with Crippen molar-refractivity contribution in [1.82, 2.24) is 19.7 Å². The van der Waals surface area contributed by atoms with Gasteiger partial charge in [0.1, 0.15) is 18.1 Å². The van der Waals surface area contributed by atoms with Gasteiger partial charge in [0.25, 0.3) is 5.91 Å². The first-order valence-corrected chi connectivity index (χ1v) is 11.0. The summed E-state index contributed by atoms with van der Waals surface area (Å²) in [5, 5.41) is 7.10. The van der Waals surface area contributed by atoms with E-state index in [1.54, 1.807) is 35.1 Å². The van der Waals surface area contributed by atoms with Crippen LogP contribution in [0.2, 0.25) is 0 Å². The molecule has 1 N–H and O–H groups in total. The molecule has 0 bridgehead atoms. The second-order valence-corrected chi connectivity index (χ2v) is 8.43. The highest BCUT2D eigenvalue weighted by Gasteiger charge is 2.47. The minimum absolute atomic E-state index is 0.0181. The van der Waals surface area contributed by atoms with Crippen LogP contribution in [0.15, 0.2) is 49.1 Å². The van der Waals surface area contributed by atoms with Gasteiger partial charge >= 0.3 is 6.18 Å². The van der Waals surface area contributed by atoms with Crippen LogP contribution in [0.4, 0.5) is 24.7 Å². The fourth-order valence-corrected chi connectivity index (χ4v) is 4.38. The molecule has 3 aromatic rings. The van der Waals surface area contributed by atoms with Crippen molar-refractivity contribution in [2.45, 2.75) is 50.4 Å². The van der Waals surface area contributed by atoms with Crippen molar-refractivity contribution < 1.29 is 18.0 Å². The summed E-state index contributed by atoms with van der Waals surface area (Å²) in [7, 11) is 0. The molecule has 1 aliphatic heterocycles. The van der Waals surface area contributed by atoms with E-state index < -0.39 is 18.1 Å². The molecule has 0 spiro atoms. The lowest BCUT2D eigenvalue weighted by Gasteiger charge is -2.29. The van der Waals surface area contributed by atoms with Gasteiger partial charge in [-0.2, -0.15) is 18.3 Å². The van der Waals surface area contributed by atoms with E-state index in [4.69, 9.17) is 0 Å². The van der Waals surface area contributed by atoms with Crippen LogP contribution in [0, 0.1) is 0 Å². The minimum Gasteiger partial charge on any atom is -0.343 e. The molecule has 1 atom stereocenters. The van der Waals surface area contributed by atoms with E-state index in [-0.39, 0.29) is 24.5 Å². The van der Waals surface area contributed by atoms with Gasteiger partial charge in [0, 0.05) is 18.3 Å². The van der Waals surface area contributed by atoms with Gasteiger partial charge in [-0.15, -0.1) is 0 Å². The predicted molar refractivity (Wildman–Crippen MR) is 117 cm³/mol. The Kier molecular flexibility index (Phi) is 5.51. The number of nitrogens with one attached hydrogen (secondary N) is 1. The number of alkyl halides is 3. The van der Waals surface area contributed by atoms with Crippen LogP contribution in [-0.2, 0) is 0 Å². The van der Waals surface area contributed by atoms with Crippen LogP contribution < -0.4 is 10.2 Å². The molecule has 0 radical (unpaired) electrons. The van der Waals surface area contributed by atoms with Gasteiger partial charge in [-0.05, 0) is 32.1 Å². The fourth-order valence-electron chi connectivity index (χ4n) is 4.38. The first-order valence-electron chi connectivity index (χ1n) is 11.0. The molecule has 2 aliphatic rings. The van der Waals surface area contributed by atoms with E-state index in [9.17, 15) is 18.0 Å². The Morgan fingerprint density at radius 3 is 2.55 bits per heavy atom. The van der Waals surface area contributed by atoms with E-state index in [2.05, 4.69) is 20.4 Å². The molecule has 1 aromatic carbocycles. The van der Waals surface area contributed by atoms with E-state index in [0.717, 1.165) is 19.3 Å². The van der Waals surface area contributed by atoms with Crippen LogP contribution in [0.1, 0.15) is 48.5 Å². The zero-order valence-corrected chi connectivity index (χ0v) is 17.8. The lowest BCUT2D eigenvalue weighted by Crippen LogP contribution is -2.42. The molecule has 1 saturated heterocycles. The Hall–Kier alpha value is -3.43. The Bertz CT molecular complexity index is 1140. The molecular formula is C23H23F3N6O. The van der Waals surface area contributed by atoms with E-state index in [0.29, 0.717) is 29.3 Å². The van der Waals surface area contributed by atoms with Gasteiger partial charge in [-0.25, -0.2) is 9.97 Å². The maximum atomic E-state index is 13.7. The van der Waals surface area contributed by atoms with Crippen molar-refractivity contribution in [2.24, 2.45) is 0 Å². The summed E-state index contributed by atoms with van der Waals surface area (Å²) in [4.78, 5) is 22.9. The summed E-state index contributed by atoms with van der Waals surface area (Å²) in [5.74, 6) is -0.389. The Morgan fingerprint density at radius 1 is 1.06 bits per heavy atom. The first kappa shape index (κ1) is 21.4. The molecule has 1 amide bonds. The fraction of sp³-hybridized carbons (Fsp3) is 0.391. The number of halogens is 3. The van der Waals surface area contributed by atoms with Crippen LogP contribution in [0.25, 0.3) is 11.3 Å². The highest BCUT2D eigenvalue weighted by atomic mass is 19.4. The van der Waals surface area contributed by atoms with Crippen LogP contribution in [0.5, 0.6) is 0 Å². The van der Waals surface area contributed by atoms with Crippen molar-refractivity contribution in [3.8, 4) is 11.3 Å². The first-order chi connectivity index (χ1) is 15.9. The minimum atomic E-state index is -4.40. The summed E-state index contributed by atoms with van der Waals surface area (Å²) in [6, 6.07) is 7.66. The third-order valence-electron chi connectivity index (χ3n) is 6.33. The second-order valence-electron chi connectivity index (χ2n) is 8.43. The molecule has 7 nitrogen and oxygen atoms in total. The Labute approximate surface area is 188 Å². The standard InChI is InChI=1S/C23H23F3N6O/c24-23(25,26)18-10-5-11-31(18)21-20(19(27-14-28-21)15-6-2-1-3-7-15)30-22(33)16-12-29-32(13-16)17-8-4-9-17/h1-3,6-7,12-14,17-18H,4-5,8-11H2,(H,30,33)/t18-/m1/s1. The molecule has 0 unspecified atom stereocenters. The smallest absolute Gasteiger partial charge is 0.343 e. The Balaban J connectivity index is 1.53. The van der Waals surface area contributed by atoms with E-state index >= 15 is 0 Å². The quantitative estimate of drug-likeness (QED) is 0.594. The normalized spacial score (nSPS) is 18.9. The third-order valence-corrected chi connectivity index (χ3v) is 6.33. The molecule has 5 rings (SSSR count). The number of hydrogen-bond donors (Lipinski definition) is 1. The van der Waals surface area contributed by atoms with Gasteiger partial charge in [0.15, 0.2) is 5.82 Å². The summed E-state index contributed by atoms with van der Waals surface area (Å²) in [6.45, 7) is 0.192. The molecule has 2 aromatic heterocycles. The summed E-state index contributed by atoms with van der Waals surface area (Å²) < 4.78 is 42.9. The van der Waals surface area contributed by atoms with Gasteiger partial charge < -0.3 is 10.2 Å². The predicted octanol–water partition coefficient (Wildman–Crippen LogP) is 4.85. The van der Waals surface area contributed by atoms with Crippen molar-refractivity contribution in [3.63, 3.8) is 0 Å². The van der Waals surface area contributed by atoms with Gasteiger partial charge in [0.05, 0.1) is 23.5 Å². The summed E-state index contributed by atoms with van der Waals surface area (Å²) in [6.07, 6.45) is 3.54. The van der Waals surface area contributed by atoms with Gasteiger partial charge in [-0.3, -0.25) is 9.48 Å². The average Bonchev–Trinajstić information content (AvgIpc) is 3.43. The summed E-state index contributed by atoms with van der Waals surface area (Å²) >= 11 is 0. The number of benzene rings is 1. The van der Waals surface area contributed by atoms with Crippen LogP contribution in [-0.4, -0.2) is 44.4 Å². The zero-order valence-electron chi connectivity index (χ0n) is 17.8. The highest BCUT2D eigenvalue weighted by Crippen LogP contribution is 2.41. The molecule has 10 heteroatoms. The van der Waals surface area contributed by atoms with Crippen LogP contribution >= 0.6 is 0 Å². The lowest BCUT2D eigenvalue weighted by atomic mass is 9.93. The number of anilines is 2. The molecule has 1 saturated carbocycles.